The van der Waals surface area contributed by atoms with E-state index in [1.165, 1.54) is 6.42 Å². The molecule has 1 aromatic heterocycles. The normalized spacial score (nSPS) is 19.2. The van der Waals surface area contributed by atoms with E-state index in [1.54, 1.807) is 0 Å². The minimum atomic E-state index is -0.801. The highest BCUT2D eigenvalue weighted by Gasteiger charge is 2.30. The van der Waals surface area contributed by atoms with Gasteiger partial charge in [0.2, 0.25) is 0 Å². The molecular weight excluding hydrogens is 218 g/mol. The Hall–Kier alpha value is -1.36. The van der Waals surface area contributed by atoms with E-state index in [0.717, 1.165) is 31.8 Å². The molecule has 2 heterocycles. The first kappa shape index (κ1) is 12.1. The molecule has 94 valence electrons. The Labute approximate surface area is 101 Å². The highest BCUT2D eigenvalue weighted by molar-refractivity contribution is 5.74. The van der Waals surface area contributed by atoms with E-state index in [0.29, 0.717) is 5.69 Å². The number of carboxylic acids is 1. The average Bonchev–Trinajstić information content (AvgIpc) is 2.60. The zero-order chi connectivity index (χ0) is 12.4. The molecule has 1 aliphatic rings. The van der Waals surface area contributed by atoms with Gasteiger partial charge in [-0.3, -0.25) is 9.69 Å². The van der Waals surface area contributed by atoms with Crippen molar-refractivity contribution in [2.24, 2.45) is 7.05 Å². The van der Waals surface area contributed by atoms with Gasteiger partial charge in [0.1, 0.15) is 5.82 Å². The van der Waals surface area contributed by atoms with Gasteiger partial charge in [-0.2, -0.15) is 0 Å². The number of carbonyl (C=O) groups is 1. The lowest BCUT2D eigenvalue weighted by Gasteiger charge is -2.30. The molecule has 1 fully saturated rings. The van der Waals surface area contributed by atoms with Crippen LogP contribution in [0, 0.1) is 6.92 Å². The van der Waals surface area contributed by atoms with Gasteiger partial charge in [-0.05, 0) is 32.9 Å². The maximum atomic E-state index is 11.4. The van der Waals surface area contributed by atoms with E-state index in [9.17, 15) is 9.90 Å². The maximum Gasteiger partial charge on any atom is 0.327 e. The first-order chi connectivity index (χ1) is 8.09. The molecule has 0 aliphatic carbocycles. The lowest BCUT2D eigenvalue weighted by molar-refractivity contribution is -0.144. The summed E-state index contributed by atoms with van der Waals surface area (Å²) in [7, 11) is 1.89. The number of aromatic nitrogens is 2. The summed E-state index contributed by atoms with van der Waals surface area (Å²) >= 11 is 0. The van der Waals surface area contributed by atoms with Gasteiger partial charge >= 0.3 is 5.97 Å². The van der Waals surface area contributed by atoms with Crippen LogP contribution in [0.1, 0.15) is 36.8 Å². The molecule has 2 rings (SSSR count). The van der Waals surface area contributed by atoms with Crippen molar-refractivity contribution in [2.75, 3.05) is 13.1 Å². The van der Waals surface area contributed by atoms with Crippen LogP contribution < -0.4 is 0 Å². The maximum absolute atomic E-state index is 11.4. The minimum Gasteiger partial charge on any atom is -0.480 e. The third kappa shape index (κ3) is 2.49. The quantitative estimate of drug-likeness (QED) is 0.862. The van der Waals surface area contributed by atoms with E-state index < -0.39 is 12.0 Å². The van der Waals surface area contributed by atoms with Crippen molar-refractivity contribution >= 4 is 5.97 Å². The average molecular weight is 237 g/mol. The number of hydrogen-bond acceptors (Lipinski definition) is 3. The van der Waals surface area contributed by atoms with E-state index in [1.807, 2.05) is 29.6 Å². The third-order valence-corrected chi connectivity index (χ3v) is 3.40. The van der Waals surface area contributed by atoms with Crippen LogP contribution in [0.25, 0.3) is 0 Å². The minimum absolute atomic E-state index is 0.588. The molecule has 17 heavy (non-hydrogen) atoms. The number of aliphatic carboxylic acids is 1. The van der Waals surface area contributed by atoms with Crippen molar-refractivity contribution in [3.63, 3.8) is 0 Å². The second-order valence-electron chi connectivity index (χ2n) is 4.66. The molecule has 1 aromatic rings. The Morgan fingerprint density at radius 1 is 1.41 bits per heavy atom. The van der Waals surface area contributed by atoms with Gasteiger partial charge in [-0.15, -0.1) is 0 Å². The second kappa shape index (κ2) is 4.87. The molecule has 5 heteroatoms. The van der Waals surface area contributed by atoms with Crippen molar-refractivity contribution in [1.29, 1.82) is 0 Å². The van der Waals surface area contributed by atoms with E-state index in [4.69, 9.17) is 0 Å². The standard InChI is InChI=1S/C12H19N3O2/c1-9-13-10(8-14(9)2)11(12(16)17)15-6-4-3-5-7-15/h8,11H,3-7H2,1-2H3,(H,16,17). The second-order valence-corrected chi connectivity index (χ2v) is 4.66. The highest BCUT2D eigenvalue weighted by atomic mass is 16.4. The largest absolute Gasteiger partial charge is 0.480 e. The fraction of sp³-hybridized carbons (Fsp3) is 0.667. The number of carboxylic acid groups (broad SMARTS) is 1. The van der Waals surface area contributed by atoms with Crippen molar-refractivity contribution < 1.29 is 9.90 Å². The van der Waals surface area contributed by atoms with Gasteiger partial charge in [-0.25, -0.2) is 4.98 Å². The molecule has 1 saturated heterocycles. The first-order valence-corrected chi connectivity index (χ1v) is 6.06. The Bertz CT molecular complexity index is 388. The number of rotatable bonds is 3. The molecule has 0 radical (unpaired) electrons. The molecule has 5 nitrogen and oxygen atoms in total. The summed E-state index contributed by atoms with van der Waals surface area (Å²) < 4.78 is 1.87. The number of imidazole rings is 1. The predicted molar refractivity (Wildman–Crippen MR) is 63.7 cm³/mol. The zero-order valence-corrected chi connectivity index (χ0v) is 10.4. The fourth-order valence-electron chi connectivity index (χ4n) is 2.36. The van der Waals surface area contributed by atoms with Crippen LogP contribution in [0.4, 0.5) is 0 Å². The van der Waals surface area contributed by atoms with Crippen molar-refractivity contribution in [1.82, 2.24) is 14.5 Å². The molecule has 0 saturated carbocycles. The number of aryl methyl sites for hydroxylation is 2. The summed E-state index contributed by atoms with van der Waals surface area (Å²) in [4.78, 5) is 17.8. The van der Waals surface area contributed by atoms with Gasteiger partial charge < -0.3 is 9.67 Å². The van der Waals surface area contributed by atoms with Gasteiger partial charge in [0.05, 0.1) is 5.69 Å². The van der Waals surface area contributed by atoms with E-state index in [2.05, 4.69) is 4.98 Å². The molecule has 1 unspecified atom stereocenters. The predicted octanol–water partition coefficient (Wildman–Crippen LogP) is 1.34. The summed E-state index contributed by atoms with van der Waals surface area (Å²) in [5.41, 5.74) is 0.652. The Kier molecular flexibility index (Phi) is 3.47. The topological polar surface area (TPSA) is 58.4 Å². The van der Waals surface area contributed by atoms with Gasteiger partial charge in [0.25, 0.3) is 0 Å². The molecule has 1 N–H and O–H groups in total. The molecule has 0 aromatic carbocycles. The third-order valence-electron chi connectivity index (χ3n) is 3.40. The van der Waals surface area contributed by atoms with Crippen LogP contribution in [0.15, 0.2) is 6.20 Å². The first-order valence-electron chi connectivity index (χ1n) is 6.06. The monoisotopic (exact) mass is 237 g/mol. The van der Waals surface area contributed by atoms with Crippen LogP contribution >= 0.6 is 0 Å². The molecule has 0 amide bonds. The summed E-state index contributed by atoms with van der Waals surface area (Å²) in [6, 6.07) is -0.588. The molecular formula is C12H19N3O2. The zero-order valence-electron chi connectivity index (χ0n) is 10.4. The summed E-state index contributed by atoms with van der Waals surface area (Å²) in [6.07, 6.45) is 5.18. The highest BCUT2D eigenvalue weighted by Crippen LogP contribution is 2.24. The summed E-state index contributed by atoms with van der Waals surface area (Å²) in [6.45, 7) is 3.60. The van der Waals surface area contributed by atoms with Gasteiger partial charge in [0, 0.05) is 13.2 Å². The smallest absolute Gasteiger partial charge is 0.327 e. The summed E-state index contributed by atoms with van der Waals surface area (Å²) in [5, 5.41) is 9.39. The number of hydrogen-bond donors (Lipinski definition) is 1. The summed E-state index contributed by atoms with van der Waals surface area (Å²) in [5.74, 6) is 0.0493. The van der Waals surface area contributed by atoms with Gasteiger partial charge in [-0.1, -0.05) is 6.42 Å². The van der Waals surface area contributed by atoms with Crippen molar-refractivity contribution in [3.8, 4) is 0 Å². The van der Waals surface area contributed by atoms with Crippen LogP contribution in [0.2, 0.25) is 0 Å². The molecule has 1 atom stereocenters. The number of likely N-dealkylation sites (tertiary alicyclic amines) is 1. The van der Waals surface area contributed by atoms with E-state index in [-0.39, 0.29) is 0 Å². The number of nitrogens with zero attached hydrogens (tertiary/aromatic N) is 3. The van der Waals surface area contributed by atoms with Crippen molar-refractivity contribution in [2.45, 2.75) is 32.2 Å². The Morgan fingerprint density at radius 2 is 2.06 bits per heavy atom. The molecule has 0 spiro atoms. The van der Waals surface area contributed by atoms with Crippen LogP contribution in [-0.4, -0.2) is 38.6 Å². The SMILES string of the molecule is Cc1nc(C(C(=O)O)N2CCCCC2)cn1C. The van der Waals surface area contributed by atoms with Crippen molar-refractivity contribution in [3.05, 3.63) is 17.7 Å². The Morgan fingerprint density at radius 3 is 2.53 bits per heavy atom. The number of piperidine rings is 1. The molecule has 1 aliphatic heterocycles. The van der Waals surface area contributed by atoms with Crippen LogP contribution in [0.5, 0.6) is 0 Å². The lowest BCUT2D eigenvalue weighted by Crippen LogP contribution is -2.38. The van der Waals surface area contributed by atoms with Crippen LogP contribution in [0.3, 0.4) is 0 Å². The van der Waals surface area contributed by atoms with Gasteiger partial charge in [0.15, 0.2) is 6.04 Å². The molecule has 0 bridgehead atoms. The Balaban J connectivity index is 2.24. The lowest BCUT2D eigenvalue weighted by atomic mass is 10.1. The fourth-order valence-corrected chi connectivity index (χ4v) is 2.36. The van der Waals surface area contributed by atoms with E-state index >= 15 is 0 Å². The van der Waals surface area contributed by atoms with Crippen LogP contribution in [-0.2, 0) is 11.8 Å².